The van der Waals surface area contributed by atoms with E-state index in [1.807, 2.05) is 12.1 Å². The van der Waals surface area contributed by atoms with Crippen molar-refractivity contribution in [3.05, 3.63) is 24.2 Å². The van der Waals surface area contributed by atoms with Crippen molar-refractivity contribution in [2.24, 2.45) is 17.3 Å². The third kappa shape index (κ3) is 5.96. The van der Waals surface area contributed by atoms with Gasteiger partial charge in [-0.2, -0.15) is 0 Å². The van der Waals surface area contributed by atoms with Gasteiger partial charge in [-0.05, 0) is 61.6 Å². The lowest BCUT2D eigenvalue weighted by atomic mass is 9.69. The van der Waals surface area contributed by atoms with Gasteiger partial charge in [-0.3, -0.25) is 0 Å². The van der Waals surface area contributed by atoms with Crippen molar-refractivity contribution >= 4 is 0 Å². The van der Waals surface area contributed by atoms with E-state index in [1.165, 1.54) is 32.1 Å². The summed E-state index contributed by atoms with van der Waals surface area (Å²) < 4.78 is 11.4. The van der Waals surface area contributed by atoms with Gasteiger partial charge in [-0.1, -0.05) is 34.1 Å². The Balaban J connectivity index is 1.87. The molecule has 0 unspecified atom stereocenters. The summed E-state index contributed by atoms with van der Waals surface area (Å²) >= 11 is 0. The molecule has 0 aliphatic carbocycles. The van der Waals surface area contributed by atoms with E-state index in [4.69, 9.17) is 9.15 Å². The molecule has 3 heteroatoms. The smallest absolute Gasteiger partial charge is 0.117 e. The van der Waals surface area contributed by atoms with Crippen molar-refractivity contribution in [2.75, 3.05) is 13.2 Å². The first kappa shape index (κ1) is 18.5. The van der Waals surface area contributed by atoms with Crippen LogP contribution in [0, 0.1) is 17.3 Å². The standard InChI is InChI=1S/C20H35NO2/c1-16(2)7-8-20(10-13-23-19(14-20)17(3)4)9-11-21-15-18-6-5-12-22-18/h5-6,12,16-17,19,21H,7-11,13-15H2,1-4H3/t19-,20-/m1/s1. The molecule has 2 atom stereocenters. The number of hydrogen-bond donors (Lipinski definition) is 1. The normalized spacial score (nSPS) is 25.4. The topological polar surface area (TPSA) is 34.4 Å². The van der Waals surface area contributed by atoms with E-state index in [9.17, 15) is 0 Å². The lowest BCUT2D eigenvalue weighted by Gasteiger charge is -2.43. The van der Waals surface area contributed by atoms with Crippen LogP contribution in [0.2, 0.25) is 0 Å². The molecule has 2 rings (SSSR count). The van der Waals surface area contributed by atoms with Crippen LogP contribution in [-0.2, 0) is 11.3 Å². The van der Waals surface area contributed by atoms with E-state index in [0.717, 1.165) is 31.4 Å². The summed E-state index contributed by atoms with van der Waals surface area (Å²) in [7, 11) is 0. The molecule has 1 aromatic heterocycles. The highest BCUT2D eigenvalue weighted by atomic mass is 16.5. The van der Waals surface area contributed by atoms with E-state index in [1.54, 1.807) is 6.26 Å². The molecule has 0 amide bonds. The molecule has 0 bridgehead atoms. The molecule has 1 fully saturated rings. The molecule has 1 aliphatic rings. The molecule has 1 aliphatic heterocycles. The Bertz CT molecular complexity index is 427. The maximum absolute atomic E-state index is 6.03. The summed E-state index contributed by atoms with van der Waals surface area (Å²) in [6, 6.07) is 3.98. The van der Waals surface area contributed by atoms with Gasteiger partial charge in [0.05, 0.1) is 18.9 Å². The van der Waals surface area contributed by atoms with Gasteiger partial charge < -0.3 is 14.5 Å². The molecule has 0 saturated carbocycles. The third-order valence-electron chi connectivity index (χ3n) is 5.31. The molecule has 3 nitrogen and oxygen atoms in total. The van der Waals surface area contributed by atoms with Gasteiger partial charge in [0.15, 0.2) is 0 Å². The number of furan rings is 1. The number of rotatable bonds is 9. The Labute approximate surface area is 142 Å². The third-order valence-corrected chi connectivity index (χ3v) is 5.31. The van der Waals surface area contributed by atoms with Gasteiger partial charge in [-0.15, -0.1) is 0 Å². The fraction of sp³-hybridized carbons (Fsp3) is 0.800. The largest absolute Gasteiger partial charge is 0.468 e. The van der Waals surface area contributed by atoms with E-state index in [0.29, 0.717) is 17.4 Å². The van der Waals surface area contributed by atoms with Crippen LogP contribution in [0.4, 0.5) is 0 Å². The second-order valence-electron chi connectivity index (χ2n) is 8.05. The van der Waals surface area contributed by atoms with Crippen LogP contribution < -0.4 is 5.32 Å². The van der Waals surface area contributed by atoms with Crippen molar-refractivity contribution in [3.8, 4) is 0 Å². The zero-order chi connectivity index (χ0) is 16.7. The Morgan fingerprint density at radius 3 is 2.74 bits per heavy atom. The monoisotopic (exact) mass is 321 g/mol. The van der Waals surface area contributed by atoms with E-state index >= 15 is 0 Å². The van der Waals surface area contributed by atoms with Crippen molar-refractivity contribution in [3.63, 3.8) is 0 Å². The first-order valence-corrected chi connectivity index (χ1v) is 9.35. The van der Waals surface area contributed by atoms with Crippen LogP contribution in [0.15, 0.2) is 22.8 Å². The average Bonchev–Trinajstić information content (AvgIpc) is 3.03. The van der Waals surface area contributed by atoms with Crippen LogP contribution in [-0.4, -0.2) is 19.3 Å². The summed E-state index contributed by atoms with van der Waals surface area (Å²) in [5.74, 6) is 2.42. The maximum atomic E-state index is 6.03. The lowest BCUT2D eigenvalue weighted by Crippen LogP contribution is -2.39. The Kier molecular flexibility index (Phi) is 7.16. The van der Waals surface area contributed by atoms with Crippen molar-refractivity contribution < 1.29 is 9.15 Å². The summed E-state index contributed by atoms with van der Waals surface area (Å²) in [5.41, 5.74) is 0.452. The fourth-order valence-electron chi connectivity index (χ4n) is 3.60. The second-order valence-corrected chi connectivity index (χ2v) is 8.05. The molecule has 0 spiro atoms. The molecule has 0 radical (unpaired) electrons. The average molecular weight is 322 g/mol. The minimum Gasteiger partial charge on any atom is -0.468 e. The van der Waals surface area contributed by atoms with Crippen LogP contribution in [0.25, 0.3) is 0 Å². The highest BCUT2D eigenvalue weighted by molar-refractivity contribution is 4.97. The zero-order valence-electron chi connectivity index (χ0n) is 15.4. The van der Waals surface area contributed by atoms with E-state index < -0.39 is 0 Å². The first-order valence-electron chi connectivity index (χ1n) is 9.35. The minimum absolute atomic E-state index is 0.431. The predicted molar refractivity (Wildman–Crippen MR) is 95.3 cm³/mol. The van der Waals surface area contributed by atoms with Gasteiger partial charge >= 0.3 is 0 Å². The minimum atomic E-state index is 0.431. The molecule has 132 valence electrons. The summed E-state index contributed by atoms with van der Waals surface area (Å²) in [4.78, 5) is 0. The van der Waals surface area contributed by atoms with Crippen molar-refractivity contribution in [2.45, 2.75) is 72.4 Å². The number of nitrogens with one attached hydrogen (secondary N) is 1. The van der Waals surface area contributed by atoms with Gasteiger partial charge in [0.1, 0.15) is 5.76 Å². The van der Waals surface area contributed by atoms with Crippen LogP contribution >= 0.6 is 0 Å². The molecule has 0 aromatic carbocycles. The Hall–Kier alpha value is -0.800. The molecular formula is C20H35NO2. The summed E-state index contributed by atoms with van der Waals surface area (Å²) in [5, 5.41) is 3.56. The summed E-state index contributed by atoms with van der Waals surface area (Å²) in [6.07, 6.45) is 8.51. The number of hydrogen-bond acceptors (Lipinski definition) is 3. The number of ether oxygens (including phenoxy) is 1. The lowest BCUT2D eigenvalue weighted by molar-refractivity contribution is -0.0761. The van der Waals surface area contributed by atoms with Gasteiger partial charge in [0.25, 0.3) is 0 Å². The summed E-state index contributed by atoms with van der Waals surface area (Å²) in [6.45, 7) is 12.1. The fourth-order valence-corrected chi connectivity index (χ4v) is 3.60. The van der Waals surface area contributed by atoms with Crippen LogP contribution in [0.3, 0.4) is 0 Å². The highest BCUT2D eigenvalue weighted by Crippen LogP contribution is 2.43. The van der Waals surface area contributed by atoms with E-state index in [-0.39, 0.29) is 0 Å². The van der Waals surface area contributed by atoms with Gasteiger partial charge in [0, 0.05) is 6.61 Å². The maximum Gasteiger partial charge on any atom is 0.117 e. The quantitative estimate of drug-likeness (QED) is 0.649. The molecule has 1 N–H and O–H groups in total. The SMILES string of the molecule is CC(C)CC[C@@]1(CCNCc2ccco2)CCO[C@@H](C(C)C)C1. The molecular weight excluding hydrogens is 286 g/mol. The van der Waals surface area contributed by atoms with Gasteiger partial charge in [-0.25, -0.2) is 0 Å². The molecule has 1 saturated heterocycles. The molecule has 1 aromatic rings. The molecule has 23 heavy (non-hydrogen) atoms. The van der Waals surface area contributed by atoms with Crippen molar-refractivity contribution in [1.29, 1.82) is 0 Å². The predicted octanol–water partition coefficient (Wildman–Crippen LogP) is 5.02. The Morgan fingerprint density at radius 2 is 2.09 bits per heavy atom. The Morgan fingerprint density at radius 1 is 1.26 bits per heavy atom. The van der Waals surface area contributed by atoms with Crippen molar-refractivity contribution in [1.82, 2.24) is 5.32 Å². The second kappa shape index (κ2) is 8.89. The van der Waals surface area contributed by atoms with E-state index in [2.05, 4.69) is 33.0 Å². The first-order chi connectivity index (χ1) is 11.0. The highest BCUT2D eigenvalue weighted by Gasteiger charge is 2.37. The van der Waals surface area contributed by atoms with Gasteiger partial charge in [0.2, 0.25) is 0 Å². The molecule has 2 heterocycles. The van der Waals surface area contributed by atoms with Crippen LogP contribution in [0.5, 0.6) is 0 Å². The van der Waals surface area contributed by atoms with Crippen LogP contribution in [0.1, 0.15) is 65.6 Å². The zero-order valence-corrected chi connectivity index (χ0v) is 15.4.